The van der Waals surface area contributed by atoms with Gasteiger partial charge >= 0.3 is 0 Å². The second kappa shape index (κ2) is 4.14. The Morgan fingerprint density at radius 1 is 1.00 bits per heavy atom. The summed E-state index contributed by atoms with van der Waals surface area (Å²) in [5, 5.41) is 0. The van der Waals surface area contributed by atoms with Crippen molar-refractivity contribution in [2.75, 3.05) is 0 Å². The van der Waals surface area contributed by atoms with Gasteiger partial charge in [0.05, 0.1) is 0 Å². The van der Waals surface area contributed by atoms with Gasteiger partial charge in [-0.05, 0) is 44.1 Å². The standard InChI is InChI=1S/C13H18N/c1-10-2-4-11(5-3-10)12-6-8-13(14)9-7-12/h2-5,12-14H,6-9H2,1H3/t12-,13+. The maximum Gasteiger partial charge on any atom is 0.0213 e. The zero-order chi connectivity index (χ0) is 9.97. The molecule has 0 spiro atoms. The van der Waals surface area contributed by atoms with Crippen molar-refractivity contribution in [1.29, 1.82) is 0 Å². The summed E-state index contributed by atoms with van der Waals surface area (Å²) in [6, 6.07) is 9.11. The van der Waals surface area contributed by atoms with Gasteiger partial charge in [-0.3, -0.25) is 5.73 Å². The van der Waals surface area contributed by atoms with Crippen LogP contribution in [0.4, 0.5) is 0 Å². The van der Waals surface area contributed by atoms with E-state index in [1.807, 2.05) is 0 Å². The monoisotopic (exact) mass is 188 g/mol. The van der Waals surface area contributed by atoms with Gasteiger partial charge in [-0.25, -0.2) is 0 Å². The molecule has 14 heavy (non-hydrogen) atoms. The first kappa shape index (κ1) is 9.72. The SMILES string of the molecule is Cc1ccc([C@H]2CC[C@@H]([NH])CC2)cc1. The normalized spacial score (nSPS) is 27.6. The lowest BCUT2D eigenvalue weighted by molar-refractivity contribution is 0.388. The van der Waals surface area contributed by atoms with E-state index in [1.165, 1.54) is 24.0 Å². The van der Waals surface area contributed by atoms with Gasteiger partial charge in [-0.1, -0.05) is 29.8 Å². The molecule has 0 unspecified atom stereocenters. The van der Waals surface area contributed by atoms with E-state index in [0.29, 0.717) is 0 Å². The number of hydrogen-bond donors (Lipinski definition) is 0. The summed E-state index contributed by atoms with van der Waals surface area (Å²) < 4.78 is 0. The van der Waals surface area contributed by atoms with Crippen LogP contribution in [0.3, 0.4) is 0 Å². The third kappa shape index (κ3) is 2.16. The van der Waals surface area contributed by atoms with E-state index < -0.39 is 0 Å². The molecule has 1 aliphatic rings. The quantitative estimate of drug-likeness (QED) is 0.645. The van der Waals surface area contributed by atoms with Crippen molar-refractivity contribution in [3.8, 4) is 0 Å². The Hall–Kier alpha value is -0.820. The number of rotatable bonds is 1. The van der Waals surface area contributed by atoms with E-state index >= 15 is 0 Å². The van der Waals surface area contributed by atoms with Crippen LogP contribution in [0.5, 0.6) is 0 Å². The minimum Gasteiger partial charge on any atom is -0.255 e. The van der Waals surface area contributed by atoms with Gasteiger partial charge in [0.25, 0.3) is 0 Å². The molecule has 0 aromatic heterocycles. The van der Waals surface area contributed by atoms with E-state index in [2.05, 4.69) is 31.2 Å². The van der Waals surface area contributed by atoms with E-state index in [1.54, 1.807) is 0 Å². The van der Waals surface area contributed by atoms with Gasteiger partial charge < -0.3 is 0 Å². The van der Waals surface area contributed by atoms with E-state index in [4.69, 9.17) is 5.73 Å². The van der Waals surface area contributed by atoms with Crippen LogP contribution in [0, 0.1) is 6.92 Å². The second-order valence-electron chi connectivity index (χ2n) is 4.46. The van der Waals surface area contributed by atoms with Gasteiger partial charge in [0.2, 0.25) is 0 Å². The molecule has 2 rings (SSSR count). The molecule has 0 bridgehead atoms. The van der Waals surface area contributed by atoms with Gasteiger partial charge in [-0.15, -0.1) is 0 Å². The lowest BCUT2D eigenvalue weighted by atomic mass is 9.82. The zero-order valence-electron chi connectivity index (χ0n) is 8.79. The predicted octanol–water partition coefficient (Wildman–Crippen LogP) is 3.30. The van der Waals surface area contributed by atoms with Gasteiger partial charge in [0.15, 0.2) is 0 Å². The van der Waals surface area contributed by atoms with Crippen molar-refractivity contribution < 1.29 is 0 Å². The molecule has 0 heterocycles. The maximum atomic E-state index is 7.66. The fourth-order valence-electron chi connectivity index (χ4n) is 2.27. The highest BCUT2D eigenvalue weighted by Gasteiger charge is 2.19. The molecule has 1 aromatic carbocycles. The molecule has 0 aliphatic heterocycles. The van der Waals surface area contributed by atoms with Crippen molar-refractivity contribution in [2.24, 2.45) is 0 Å². The molecule has 1 aromatic rings. The first-order valence-corrected chi connectivity index (χ1v) is 5.53. The molecule has 1 radical (unpaired) electrons. The van der Waals surface area contributed by atoms with Crippen LogP contribution in [0.2, 0.25) is 0 Å². The Balaban J connectivity index is 2.05. The largest absolute Gasteiger partial charge is 0.255 e. The van der Waals surface area contributed by atoms with Crippen LogP contribution >= 0.6 is 0 Å². The van der Waals surface area contributed by atoms with Crippen LogP contribution in [-0.2, 0) is 0 Å². The average Bonchev–Trinajstić information content (AvgIpc) is 2.21. The lowest BCUT2D eigenvalue weighted by Crippen LogP contribution is -2.18. The molecule has 0 saturated heterocycles. The number of benzene rings is 1. The van der Waals surface area contributed by atoms with E-state index in [0.717, 1.165) is 18.8 Å². The van der Waals surface area contributed by atoms with Crippen molar-refractivity contribution in [3.05, 3.63) is 35.4 Å². The third-order valence-electron chi connectivity index (χ3n) is 3.28. The molecule has 1 fully saturated rings. The fraction of sp³-hybridized carbons (Fsp3) is 0.538. The van der Waals surface area contributed by atoms with Crippen LogP contribution in [-0.4, -0.2) is 6.04 Å². The summed E-state index contributed by atoms with van der Waals surface area (Å²) in [6.45, 7) is 2.13. The molecule has 1 N–H and O–H groups in total. The molecule has 1 nitrogen and oxygen atoms in total. The zero-order valence-corrected chi connectivity index (χ0v) is 8.79. The molecule has 1 saturated carbocycles. The molecule has 1 heteroatoms. The van der Waals surface area contributed by atoms with Crippen molar-refractivity contribution in [1.82, 2.24) is 5.73 Å². The Morgan fingerprint density at radius 2 is 1.57 bits per heavy atom. The van der Waals surface area contributed by atoms with Crippen LogP contribution in [0.1, 0.15) is 42.7 Å². The van der Waals surface area contributed by atoms with E-state index in [-0.39, 0.29) is 6.04 Å². The van der Waals surface area contributed by atoms with Crippen molar-refractivity contribution in [3.63, 3.8) is 0 Å². The summed E-state index contributed by atoms with van der Waals surface area (Å²) in [7, 11) is 0. The second-order valence-corrected chi connectivity index (χ2v) is 4.46. The topological polar surface area (TPSA) is 23.8 Å². The highest BCUT2D eigenvalue weighted by Crippen LogP contribution is 2.32. The number of aryl methyl sites for hydroxylation is 1. The highest BCUT2D eigenvalue weighted by molar-refractivity contribution is 5.24. The smallest absolute Gasteiger partial charge is 0.0213 e. The summed E-state index contributed by atoms with van der Waals surface area (Å²) in [5.41, 5.74) is 10.5. The Kier molecular flexibility index (Phi) is 2.87. The van der Waals surface area contributed by atoms with Crippen LogP contribution in [0.15, 0.2) is 24.3 Å². The first-order chi connectivity index (χ1) is 6.75. The summed E-state index contributed by atoms with van der Waals surface area (Å²) in [4.78, 5) is 0. The number of hydrogen-bond acceptors (Lipinski definition) is 0. The first-order valence-electron chi connectivity index (χ1n) is 5.53. The number of nitrogens with one attached hydrogen (secondary N) is 1. The predicted molar refractivity (Wildman–Crippen MR) is 59.3 cm³/mol. The third-order valence-corrected chi connectivity index (χ3v) is 3.28. The maximum absolute atomic E-state index is 7.66. The minimum absolute atomic E-state index is 0.205. The summed E-state index contributed by atoms with van der Waals surface area (Å²) in [6.07, 6.45) is 4.57. The molecule has 0 amide bonds. The van der Waals surface area contributed by atoms with E-state index in [9.17, 15) is 0 Å². The van der Waals surface area contributed by atoms with Crippen LogP contribution in [0.25, 0.3) is 0 Å². The lowest BCUT2D eigenvalue weighted by Gasteiger charge is -2.25. The van der Waals surface area contributed by atoms with Crippen molar-refractivity contribution >= 4 is 0 Å². The average molecular weight is 188 g/mol. The molecular weight excluding hydrogens is 170 g/mol. The summed E-state index contributed by atoms with van der Waals surface area (Å²) in [5.74, 6) is 0.720. The molecule has 1 aliphatic carbocycles. The Labute approximate surface area is 86.3 Å². The molecule has 0 atom stereocenters. The highest BCUT2D eigenvalue weighted by atomic mass is 14.6. The van der Waals surface area contributed by atoms with Crippen molar-refractivity contribution in [2.45, 2.75) is 44.6 Å². The van der Waals surface area contributed by atoms with Gasteiger partial charge in [-0.2, -0.15) is 0 Å². The fourth-order valence-corrected chi connectivity index (χ4v) is 2.27. The van der Waals surface area contributed by atoms with Gasteiger partial charge in [0.1, 0.15) is 0 Å². The molecule has 75 valence electrons. The Bertz CT molecular complexity index is 281. The minimum atomic E-state index is 0.205. The molecular formula is C13H18N. The van der Waals surface area contributed by atoms with Gasteiger partial charge in [0, 0.05) is 6.04 Å². The van der Waals surface area contributed by atoms with Crippen LogP contribution < -0.4 is 5.73 Å². The Morgan fingerprint density at radius 3 is 2.14 bits per heavy atom. The summed E-state index contributed by atoms with van der Waals surface area (Å²) >= 11 is 0.